The minimum Gasteiger partial charge on any atom is -0.449 e. The number of amides is 2. The summed E-state index contributed by atoms with van der Waals surface area (Å²) in [6.07, 6.45) is 0.133. The Balaban J connectivity index is 1.16. The number of fused-ring (bicyclic) bond motifs is 3. The fourth-order valence-corrected chi connectivity index (χ4v) is 4.84. The van der Waals surface area contributed by atoms with Crippen LogP contribution in [0.3, 0.4) is 0 Å². The van der Waals surface area contributed by atoms with Crippen molar-refractivity contribution in [2.45, 2.75) is 24.4 Å². The van der Waals surface area contributed by atoms with Gasteiger partial charge in [-0.3, -0.25) is 4.79 Å². The number of alkyl carbamates (subject to hydrolysis) is 1. The number of nitrogens with zero attached hydrogens (tertiary/aromatic N) is 1. The van der Waals surface area contributed by atoms with Crippen LogP contribution in [0.25, 0.3) is 11.1 Å². The van der Waals surface area contributed by atoms with E-state index < -0.39 is 6.09 Å². The molecule has 0 spiro atoms. The molecule has 2 aromatic rings. The summed E-state index contributed by atoms with van der Waals surface area (Å²) in [5, 5.41) is 6.15. The molecule has 162 valence electrons. The van der Waals surface area contributed by atoms with Crippen LogP contribution in [0.5, 0.6) is 0 Å². The topological polar surface area (TPSA) is 79.9 Å². The third-order valence-electron chi connectivity index (χ3n) is 6.42. The van der Waals surface area contributed by atoms with Crippen LogP contribution < -0.4 is 10.6 Å². The van der Waals surface area contributed by atoms with Gasteiger partial charge in [-0.1, -0.05) is 48.5 Å². The van der Waals surface area contributed by atoms with Crippen LogP contribution in [0.2, 0.25) is 0 Å². The molecule has 31 heavy (non-hydrogen) atoms. The number of nitrogens with one attached hydrogen (secondary N) is 2. The summed E-state index contributed by atoms with van der Waals surface area (Å²) in [6.45, 7) is 3.27. The molecule has 0 aromatic heterocycles. The molecule has 2 amide bonds. The van der Waals surface area contributed by atoms with Crippen molar-refractivity contribution in [2.75, 3.05) is 39.5 Å². The molecule has 3 aliphatic rings. The molecule has 0 bridgehead atoms. The molecule has 2 fully saturated rings. The molecule has 0 radical (unpaired) electrons. The van der Waals surface area contributed by atoms with Crippen molar-refractivity contribution >= 4 is 12.0 Å². The molecule has 2 aliphatic heterocycles. The average Bonchev–Trinajstić information content (AvgIpc) is 3.40. The standard InChI is InChI=1S/C24H27N3O4/c28-23(27-9-11-30-12-10-27)22-13-16(14-25-22)26-24(29)31-15-21-19-7-3-1-5-17(19)18-6-2-4-8-20(18)21/h1-8,16,21-22,25H,9-15H2,(H,26,29)/t16-,22-/m0/s1. The van der Waals surface area contributed by atoms with Gasteiger partial charge in [-0.15, -0.1) is 0 Å². The third-order valence-corrected chi connectivity index (χ3v) is 6.42. The summed E-state index contributed by atoms with van der Waals surface area (Å²) < 4.78 is 10.9. The predicted molar refractivity (Wildman–Crippen MR) is 116 cm³/mol. The Hall–Kier alpha value is -2.90. The first kappa shape index (κ1) is 20.0. The number of ether oxygens (including phenoxy) is 2. The second-order valence-corrected chi connectivity index (χ2v) is 8.30. The first-order chi connectivity index (χ1) is 15.2. The van der Waals surface area contributed by atoms with Crippen molar-refractivity contribution in [3.05, 3.63) is 59.7 Å². The summed E-state index contributed by atoms with van der Waals surface area (Å²) in [5.41, 5.74) is 4.79. The van der Waals surface area contributed by atoms with Gasteiger partial charge in [0.05, 0.1) is 19.3 Å². The largest absolute Gasteiger partial charge is 0.449 e. The minimum atomic E-state index is -0.437. The van der Waals surface area contributed by atoms with E-state index in [-0.39, 0.29) is 30.5 Å². The molecule has 2 saturated heterocycles. The number of carbonyl (C=O) groups excluding carboxylic acids is 2. The van der Waals surface area contributed by atoms with E-state index in [4.69, 9.17) is 9.47 Å². The van der Waals surface area contributed by atoms with Gasteiger partial charge in [-0.25, -0.2) is 4.79 Å². The maximum absolute atomic E-state index is 12.6. The molecule has 2 N–H and O–H groups in total. The number of carbonyl (C=O) groups is 2. The van der Waals surface area contributed by atoms with Gasteiger partial charge in [0.25, 0.3) is 0 Å². The highest BCUT2D eigenvalue weighted by Crippen LogP contribution is 2.44. The van der Waals surface area contributed by atoms with E-state index in [9.17, 15) is 9.59 Å². The van der Waals surface area contributed by atoms with Crippen LogP contribution in [0, 0.1) is 0 Å². The lowest BCUT2D eigenvalue weighted by Crippen LogP contribution is -2.48. The molecule has 1 aliphatic carbocycles. The Morgan fingerprint density at radius 1 is 1.03 bits per heavy atom. The van der Waals surface area contributed by atoms with Gasteiger partial charge < -0.3 is 25.0 Å². The van der Waals surface area contributed by atoms with Crippen LogP contribution in [0.4, 0.5) is 4.79 Å². The highest BCUT2D eigenvalue weighted by atomic mass is 16.5. The molecule has 0 unspecified atom stereocenters. The summed E-state index contributed by atoms with van der Waals surface area (Å²) >= 11 is 0. The summed E-state index contributed by atoms with van der Waals surface area (Å²) in [5.74, 6) is 0.121. The summed E-state index contributed by atoms with van der Waals surface area (Å²) in [7, 11) is 0. The first-order valence-corrected chi connectivity index (χ1v) is 10.9. The van der Waals surface area contributed by atoms with E-state index in [1.165, 1.54) is 22.3 Å². The second kappa shape index (κ2) is 8.69. The van der Waals surface area contributed by atoms with E-state index >= 15 is 0 Å². The lowest BCUT2D eigenvalue weighted by Gasteiger charge is -2.29. The van der Waals surface area contributed by atoms with Crippen molar-refractivity contribution < 1.29 is 19.1 Å². The zero-order valence-corrected chi connectivity index (χ0v) is 17.4. The van der Waals surface area contributed by atoms with E-state index in [1.807, 2.05) is 29.2 Å². The zero-order chi connectivity index (χ0) is 21.2. The van der Waals surface area contributed by atoms with Crippen molar-refractivity contribution in [3.8, 4) is 11.1 Å². The molecule has 2 atom stereocenters. The Labute approximate surface area is 181 Å². The smallest absolute Gasteiger partial charge is 0.407 e. The third kappa shape index (κ3) is 4.03. The van der Waals surface area contributed by atoms with Gasteiger partial charge in [-0.2, -0.15) is 0 Å². The minimum absolute atomic E-state index is 0.0375. The van der Waals surface area contributed by atoms with Crippen LogP contribution in [-0.4, -0.2) is 68.4 Å². The van der Waals surface area contributed by atoms with Crippen molar-refractivity contribution in [1.82, 2.24) is 15.5 Å². The number of morpholine rings is 1. The van der Waals surface area contributed by atoms with Crippen molar-refractivity contribution in [2.24, 2.45) is 0 Å². The maximum atomic E-state index is 12.6. The second-order valence-electron chi connectivity index (χ2n) is 8.30. The number of hydrogen-bond donors (Lipinski definition) is 2. The van der Waals surface area contributed by atoms with Crippen LogP contribution in [-0.2, 0) is 14.3 Å². The van der Waals surface area contributed by atoms with Gasteiger partial charge in [0.2, 0.25) is 5.91 Å². The Morgan fingerprint density at radius 3 is 2.35 bits per heavy atom. The normalized spacial score (nSPS) is 22.6. The Kier molecular flexibility index (Phi) is 5.61. The zero-order valence-electron chi connectivity index (χ0n) is 17.4. The van der Waals surface area contributed by atoms with Crippen LogP contribution in [0.15, 0.2) is 48.5 Å². The fourth-order valence-electron chi connectivity index (χ4n) is 4.84. The van der Waals surface area contributed by atoms with E-state index in [2.05, 4.69) is 34.9 Å². The number of benzene rings is 2. The first-order valence-electron chi connectivity index (χ1n) is 10.9. The Morgan fingerprint density at radius 2 is 1.68 bits per heavy atom. The van der Waals surface area contributed by atoms with Gasteiger partial charge in [-0.05, 0) is 28.7 Å². The predicted octanol–water partition coefficient (Wildman–Crippen LogP) is 2.11. The van der Waals surface area contributed by atoms with Crippen LogP contribution in [0.1, 0.15) is 23.5 Å². The van der Waals surface area contributed by atoms with Gasteiger partial charge in [0, 0.05) is 31.6 Å². The fraction of sp³-hybridized carbons (Fsp3) is 0.417. The highest BCUT2D eigenvalue weighted by Gasteiger charge is 2.34. The Bertz CT molecular complexity index is 927. The number of hydrogen-bond acceptors (Lipinski definition) is 5. The average molecular weight is 421 g/mol. The monoisotopic (exact) mass is 421 g/mol. The van der Waals surface area contributed by atoms with Crippen molar-refractivity contribution in [3.63, 3.8) is 0 Å². The molecular formula is C24H27N3O4. The molecule has 0 saturated carbocycles. The van der Waals surface area contributed by atoms with Crippen molar-refractivity contribution in [1.29, 1.82) is 0 Å². The molecular weight excluding hydrogens is 394 g/mol. The van der Waals surface area contributed by atoms with Gasteiger partial charge >= 0.3 is 6.09 Å². The van der Waals surface area contributed by atoms with Gasteiger partial charge in [0.15, 0.2) is 0 Å². The summed E-state index contributed by atoms with van der Waals surface area (Å²) in [4.78, 5) is 26.9. The maximum Gasteiger partial charge on any atom is 0.407 e. The number of rotatable bonds is 4. The summed E-state index contributed by atoms with van der Waals surface area (Å²) in [6, 6.07) is 16.2. The molecule has 2 aromatic carbocycles. The lowest BCUT2D eigenvalue weighted by molar-refractivity contribution is -0.137. The lowest BCUT2D eigenvalue weighted by atomic mass is 9.98. The van der Waals surface area contributed by atoms with Gasteiger partial charge in [0.1, 0.15) is 6.61 Å². The van der Waals surface area contributed by atoms with E-state index in [1.54, 1.807) is 0 Å². The molecule has 5 rings (SSSR count). The molecule has 7 nitrogen and oxygen atoms in total. The SMILES string of the molecule is O=C(N[C@@H]1CN[C@H](C(=O)N2CCOCC2)C1)OCC1c2ccccc2-c2ccccc21. The van der Waals surface area contributed by atoms with Crippen LogP contribution >= 0.6 is 0 Å². The quantitative estimate of drug-likeness (QED) is 0.791. The van der Waals surface area contributed by atoms with E-state index in [0.29, 0.717) is 39.3 Å². The van der Waals surface area contributed by atoms with E-state index in [0.717, 1.165) is 0 Å². The highest BCUT2D eigenvalue weighted by molar-refractivity contribution is 5.83. The molecule has 2 heterocycles. The molecule has 7 heteroatoms.